The number of aromatic amines is 1. The molecule has 4 aromatic rings. The molecular weight excluding hydrogens is 508 g/mol. The van der Waals surface area contributed by atoms with Gasteiger partial charge in [0.2, 0.25) is 0 Å². The van der Waals surface area contributed by atoms with Gasteiger partial charge in [-0.2, -0.15) is 10.2 Å². The van der Waals surface area contributed by atoms with Crippen LogP contribution in [-0.4, -0.2) is 27.4 Å². The molecule has 3 N–H and O–H groups in total. The fraction of sp³-hybridized carbons (Fsp3) is 0.0417. The van der Waals surface area contributed by atoms with Crippen molar-refractivity contribution >= 4 is 39.7 Å². The lowest BCUT2D eigenvalue weighted by atomic mass is 10.1. The Labute approximate surface area is 203 Å². The number of phenolic OH excluding ortho intramolecular Hbond substituents is 1. The maximum Gasteiger partial charge on any atom is 0.289 e. The summed E-state index contributed by atoms with van der Waals surface area (Å²) >= 11 is 9.23. The molecule has 0 radical (unpaired) electrons. The van der Waals surface area contributed by atoms with Gasteiger partial charge in [0.25, 0.3) is 5.91 Å². The van der Waals surface area contributed by atoms with E-state index in [1.165, 1.54) is 12.3 Å². The van der Waals surface area contributed by atoms with Crippen molar-refractivity contribution in [2.75, 3.05) is 0 Å². The Morgan fingerprint density at radius 3 is 2.79 bits per heavy atom. The largest absolute Gasteiger partial charge is 0.507 e. The summed E-state index contributed by atoms with van der Waals surface area (Å²) in [4.78, 5) is 12.4. The predicted molar refractivity (Wildman–Crippen MR) is 131 cm³/mol. The van der Waals surface area contributed by atoms with E-state index >= 15 is 0 Å². The molecule has 0 saturated heterocycles. The molecular formula is C24H18BrClN4O3. The number of hydrazone groups is 1. The van der Waals surface area contributed by atoms with Crippen molar-refractivity contribution in [1.29, 1.82) is 0 Å². The van der Waals surface area contributed by atoms with Crippen LogP contribution in [0.25, 0.3) is 11.3 Å². The fourth-order valence-corrected chi connectivity index (χ4v) is 3.43. The summed E-state index contributed by atoms with van der Waals surface area (Å²) < 4.78 is 6.64. The van der Waals surface area contributed by atoms with E-state index in [4.69, 9.17) is 16.3 Å². The third kappa shape index (κ3) is 6.00. The van der Waals surface area contributed by atoms with Crippen molar-refractivity contribution in [2.24, 2.45) is 5.10 Å². The van der Waals surface area contributed by atoms with Gasteiger partial charge in [-0.3, -0.25) is 9.89 Å². The van der Waals surface area contributed by atoms with E-state index < -0.39 is 5.91 Å². The molecule has 0 aliphatic carbocycles. The van der Waals surface area contributed by atoms with Gasteiger partial charge in [0, 0.05) is 20.6 Å². The molecule has 7 nitrogen and oxygen atoms in total. The first-order valence-electron chi connectivity index (χ1n) is 9.83. The van der Waals surface area contributed by atoms with Crippen molar-refractivity contribution in [3.05, 3.63) is 99.1 Å². The Hall–Kier alpha value is -3.62. The normalized spacial score (nSPS) is 11.0. The van der Waals surface area contributed by atoms with Crippen molar-refractivity contribution in [3.63, 3.8) is 0 Å². The number of phenols is 1. The zero-order chi connectivity index (χ0) is 23.2. The van der Waals surface area contributed by atoms with Gasteiger partial charge in [-0.15, -0.1) is 0 Å². The molecule has 1 aromatic heterocycles. The molecule has 4 rings (SSSR count). The van der Waals surface area contributed by atoms with Gasteiger partial charge in [0.05, 0.1) is 11.9 Å². The number of rotatable bonds is 7. The fourth-order valence-electron chi connectivity index (χ4n) is 2.93. The first-order chi connectivity index (χ1) is 16.0. The molecule has 9 heteroatoms. The van der Waals surface area contributed by atoms with E-state index in [2.05, 4.69) is 36.7 Å². The SMILES string of the molecule is O=C(N/N=C/c1cc(Br)ccc1O)c1cc(-c2cccc(OCc3ccc(Cl)cc3)c2)n[nH]1. The number of aromatic hydroxyl groups is 1. The van der Waals surface area contributed by atoms with Crippen LogP contribution in [0.2, 0.25) is 5.02 Å². The first kappa shape index (κ1) is 22.6. The number of nitrogens with zero attached hydrogens (tertiary/aromatic N) is 2. The van der Waals surface area contributed by atoms with Gasteiger partial charge in [0.15, 0.2) is 0 Å². The van der Waals surface area contributed by atoms with E-state index in [1.807, 2.05) is 48.5 Å². The van der Waals surface area contributed by atoms with Crippen molar-refractivity contribution in [3.8, 4) is 22.8 Å². The van der Waals surface area contributed by atoms with Crippen molar-refractivity contribution in [2.45, 2.75) is 6.61 Å². The van der Waals surface area contributed by atoms with Crippen LogP contribution in [-0.2, 0) is 6.61 Å². The van der Waals surface area contributed by atoms with Gasteiger partial charge in [-0.1, -0.05) is 51.8 Å². The highest BCUT2D eigenvalue weighted by Crippen LogP contribution is 2.24. The molecule has 1 heterocycles. The summed E-state index contributed by atoms with van der Waals surface area (Å²) in [5.41, 5.74) is 5.50. The molecule has 0 aliphatic rings. The average molecular weight is 526 g/mol. The Morgan fingerprint density at radius 1 is 1.15 bits per heavy atom. The second-order valence-electron chi connectivity index (χ2n) is 7.01. The second kappa shape index (κ2) is 10.3. The number of benzene rings is 3. The quantitative estimate of drug-likeness (QED) is 0.218. The Kier molecular flexibility index (Phi) is 7.07. The molecule has 166 valence electrons. The minimum atomic E-state index is -0.463. The van der Waals surface area contributed by atoms with Crippen molar-refractivity contribution in [1.82, 2.24) is 15.6 Å². The summed E-state index contributed by atoms with van der Waals surface area (Å²) in [7, 11) is 0. The lowest BCUT2D eigenvalue weighted by Crippen LogP contribution is -2.18. The van der Waals surface area contributed by atoms with E-state index in [0.29, 0.717) is 28.6 Å². The van der Waals surface area contributed by atoms with Crippen LogP contribution in [0, 0.1) is 0 Å². The Morgan fingerprint density at radius 2 is 1.97 bits per heavy atom. The molecule has 0 fully saturated rings. The van der Waals surface area contributed by atoms with Crippen LogP contribution < -0.4 is 10.2 Å². The Balaban J connectivity index is 1.39. The molecule has 0 bridgehead atoms. The summed E-state index contributed by atoms with van der Waals surface area (Å²) in [5.74, 6) is 0.266. The van der Waals surface area contributed by atoms with Gasteiger partial charge in [-0.25, -0.2) is 5.43 Å². The molecule has 0 spiro atoms. The zero-order valence-electron chi connectivity index (χ0n) is 17.1. The monoisotopic (exact) mass is 524 g/mol. The minimum absolute atomic E-state index is 0.0539. The number of amides is 1. The lowest BCUT2D eigenvalue weighted by molar-refractivity contribution is 0.0950. The van der Waals surface area contributed by atoms with Crippen LogP contribution in [0.5, 0.6) is 11.5 Å². The number of aromatic nitrogens is 2. The van der Waals surface area contributed by atoms with Gasteiger partial charge in [0.1, 0.15) is 23.8 Å². The lowest BCUT2D eigenvalue weighted by Gasteiger charge is -2.07. The predicted octanol–water partition coefficient (Wildman–Crippen LogP) is 5.54. The third-order valence-corrected chi connectivity index (χ3v) is 5.38. The van der Waals surface area contributed by atoms with Crippen LogP contribution >= 0.6 is 27.5 Å². The highest BCUT2D eigenvalue weighted by atomic mass is 79.9. The number of carbonyl (C=O) groups is 1. The number of hydrogen-bond acceptors (Lipinski definition) is 5. The molecule has 1 amide bonds. The van der Waals surface area contributed by atoms with Crippen molar-refractivity contribution < 1.29 is 14.6 Å². The summed E-state index contributed by atoms with van der Waals surface area (Å²) in [6, 6.07) is 21.4. The van der Waals surface area contributed by atoms with Crippen LogP contribution in [0.3, 0.4) is 0 Å². The standard InChI is InChI=1S/C24H18BrClN4O3/c25-18-6-9-23(31)17(10-18)13-27-30-24(32)22-12-21(28-29-22)16-2-1-3-20(11-16)33-14-15-4-7-19(26)8-5-15/h1-13,31H,14H2,(H,28,29)(H,30,32)/b27-13+. The molecule has 0 saturated carbocycles. The summed E-state index contributed by atoms with van der Waals surface area (Å²) in [5, 5.41) is 21.3. The first-order valence-corrected chi connectivity index (χ1v) is 11.0. The number of halogens is 2. The molecule has 33 heavy (non-hydrogen) atoms. The third-order valence-electron chi connectivity index (χ3n) is 4.63. The molecule has 0 atom stereocenters. The topological polar surface area (TPSA) is 99.6 Å². The van der Waals surface area contributed by atoms with E-state index in [0.717, 1.165) is 15.6 Å². The second-order valence-corrected chi connectivity index (χ2v) is 8.36. The molecule has 0 aliphatic heterocycles. The zero-order valence-corrected chi connectivity index (χ0v) is 19.5. The minimum Gasteiger partial charge on any atom is -0.507 e. The number of nitrogens with one attached hydrogen (secondary N) is 2. The van der Waals surface area contributed by atoms with Gasteiger partial charge >= 0.3 is 0 Å². The van der Waals surface area contributed by atoms with Gasteiger partial charge in [-0.05, 0) is 54.1 Å². The Bertz CT molecular complexity index is 1310. The number of H-pyrrole nitrogens is 1. The van der Waals surface area contributed by atoms with E-state index in [1.54, 1.807) is 18.2 Å². The highest BCUT2D eigenvalue weighted by Gasteiger charge is 2.11. The van der Waals surface area contributed by atoms with Crippen LogP contribution in [0.4, 0.5) is 0 Å². The van der Waals surface area contributed by atoms with Crippen LogP contribution in [0.15, 0.2) is 82.4 Å². The maximum absolute atomic E-state index is 12.4. The summed E-state index contributed by atoms with van der Waals surface area (Å²) in [6.45, 7) is 0.403. The summed E-state index contributed by atoms with van der Waals surface area (Å²) in [6.07, 6.45) is 1.36. The molecule has 0 unspecified atom stereocenters. The molecule has 3 aromatic carbocycles. The maximum atomic E-state index is 12.4. The smallest absolute Gasteiger partial charge is 0.289 e. The number of carbonyl (C=O) groups excluding carboxylic acids is 1. The number of hydrogen-bond donors (Lipinski definition) is 3. The van der Waals surface area contributed by atoms with Gasteiger partial charge < -0.3 is 9.84 Å². The highest BCUT2D eigenvalue weighted by molar-refractivity contribution is 9.10. The van der Waals surface area contributed by atoms with E-state index in [-0.39, 0.29) is 11.4 Å². The van der Waals surface area contributed by atoms with E-state index in [9.17, 15) is 9.90 Å². The average Bonchev–Trinajstić information content (AvgIpc) is 3.32. The number of ether oxygens (including phenoxy) is 1. The van der Waals surface area contributed by atoms with Crippen LogP contribution in [0.1, 0.15) is 21.6 Å².